The van der Waals surface area contributed by atoms with Crippen LogP contribution in [0.3, 0.4) is 0 Å². The van der Waals surface area contributed by atoms with E-state index in [1.165, 1.54) is 37.6 Å². The van der Waals surface area contributed by atoms with Gasteiger partial charge in [-0.2, -0.15) is 0 Å². The van der Waals surface area contributed by atoms with E-state index in [1.54, 1.807) is 23.8 Å². The lowest BCUT2D eigenvalue weighted by Gasteiger charge is -2.32. The number of nitrogens with zero attached hydrogens (tertiary/aromatic N) is 1. The molecule has 1 aromatic carbocycles. The van der Waals surface area contributed by atoms with E-state index in [4.69, 9.17) is 4.74 Å². The van der Waals surface area contributed by atoms with Crippen LogP contribution in [0.25, 0.3) is 0 Å². The van der Waals surface area contributed by atoms with Gasteiger partial charge in [-0.15, -0.1) is 0 Å². The van der Waals surface area contributed by atoms with Crippen LogP contribution in [-0.2, 0) is 21.1 Å². The van der Waals surface area contributed by atoms with Gasteiger partial charge < -0.3 is 4.74 Å². The van der Waals surface area contributed by atoms with E-state index in [1.807, 2.05) is 13.8 Å². The van der Waals surface area contributed by atoms with Crippen LogP contribution in [-0.4, -0.2) is 36.4 Å². The molecule has 1 aromatic heterocycles. The van der Waals surface area contributed by atoms with Gasteiger partial charge in [0.15, 0.2) is 14.6 Å². The van der Waals surface area contributed by atoms with Crippen LogP contribution in [0, 0.1) is 5.92 Å². The zero-order valence-electron chi connectivity index (χ0n) is 15.5. The summed E-state index contributed by atoms with van der Waals surface area (Å²) in [6.45, 7) is 3.65. The van der Waals surface area contributed by atoms with Crippen molar-refractivity contribution in [2.45, 2.75) is 36.3 Å². The summed E-state index contributed by atoms with van der Waals surface area (Å²) < 4.78 is 30.3. The average molecular weight is 392 g/mol. The zero-order chi connectivity index (χ0) is 20.1. The molecule has 0 aliphatic carbocycles. The topological polar surface area (TPSA) is 106 Å². The number of aromatic nitrogens is 1. The van der Waals surface area contributed by atoms with Gasteiger partial charge in [0.05, 0.1) is 12.0 Å². The van der Waals surface area contributed by atoms with Gasteiger partial charge in [-0.3, -0.25) is 15.0 Å². The van der Waals surface area contributed by atoms with Gasteiger partial charge in [0.2, 0.25) is 0 Å². The minimum Gasteiger partial charge on any atom is -0.497 e. The molecule has 1 unspecified atom stereocenters. The Labute approximate surface area is 159 Å². The Morgan fingerprint density at radius 3 is 2.41 bits per heavy atom. The lowest BCUT2D eigenvalue weighted by atomic mass is 9.89. The van der Waals surface area contributed by atoms with E-state index in [0.717, 1.165) is 0 Å². The first kappa shape index (κ1) is 20.9. The van der Waals surface area contributed by atoms with E-state index in [2.05, 4.69) is 4.98 Å². The fraction of sp³-hybridized carbons (Fsp3) is 0.368. The van der Waals surface area contributed by atoms with Crippen molar-refractivity contribution in [3.8, 4) is 5.75 Å². The minimum absolute atomic E-state index is 0.0172. The van der Waals surface area contributed by atoms with Gasteiger partial charge in [0.1, 0.15) is 5.75 Å². The summed E-state index contributed by atoms with van der Waals surface area (Å²) in [5, 5.41) is 9.35. The molecule has 7 nitrogen and oxygen atoms in total. The highest BCUT2D eigenvalue weighted by molar-refractivity contribution is 7.93. The number of carbonyl (C=O) groups excluding carboxylic acids is 1. The average Bonchev–Trinajstić information content (AvgIpc) is 2.67. The maximum atomic E-state index is 13.6. The molecule has 0 radical (unpaired) electrons. The van der Waals surface area contributed by atoms with Crippen molar-refractivity contribution in [3.05, 3.63) is 54.4 Å². The molecule has 1 amide bonds. The molecule has 2 N–H and O–H groups in total. The van der Waals surface area contributed by atoms with E-state index in [-0.39, 0.29) is 23.7 Å². The van der Waals surface area contributed by atoms with Crippen LogP contribution in [0.1, 0.15) is 25.8 Å². The summed E-state index contributed by atoms with van der Waals surface area (Å²) in [7, 11) is -2.67. The largest absolute Gasteiger partial charge is 0.497 e. The minimum atomic E-state index is -4.15. The first-order valence-electron chi connectivity index (χ1n) is 8.49. The molecule has 0 saturated heterocycles. The number of hydroxylamine groups is 1. The van der Waals surface area contributed by atoms with Gasteiger partial charge in [-0.25, -0.2) is 13.9 Å². The predicted molar refractivity (Wildman–Crippen MR) is 100 cm³/mol. The fourth-order valence-corrected chi connectivity index (χ4v) is 5.29. The number of hydrogen-bond acceptors (Lipinski definition) is 6. The van der Waals surface area contributed by atoms with E-state index >= 15 is 0 Å². The Kier molecular flexibility index (Phi) is 6.56. The molecule has 27 heavy (non-hydrogen) atoms. The molecule has 8 heteroatoms. The van der Waals surface area contributed by atoms with E-state index in [9.17, 15) is 18.4 Å². The Balaban J connectivity index is 2.65. The zero-order valence-corrected chi connectivity index (χ0v) is 16.4. The normalized spacial score (nSPS) is 13.8. The first-order valence-corrected chi connectivity index (χ1v) is 9.97. The Hall–Kier alpha value is -2.45. The van der Waals surface area contributed by atoms with Crippen molar-refractivity contribution in [1.29, 1.82) is 0 Å². The molecule has 146 valence electrons. The third-order valence-corrected chi connectivity index (χ3v) is 6.77. The summed E-state index contributed by atoms with van der Waals surface area (Å²) in [5.41, 5.74) is 2.15. The third kappa shape index (κ3) is 4.28. The monoisotopic (exact) mass is 392 g/mol. The highest BCUT2D eigenvalue weighted by Crippen LogP contribution is 2.36. The quantitative estimate of drug-likeness (QED) is 0.528. The Morgan fingerprint density at radius 1 is 1.26 bits per heavy atom. The summed E-state index contributed by atoms with van der Waals surface area (Å²) in [5.74, 6) is -0.579. The first-order chi connectivity index (χ1) is 12.8. The molecular formula is C19H24N2O5S. The van der Waals surface area contributed by atoms with Gasteiger partial charge in [-0.05, 0) is 48.2 Å². The maximum absolute atomic E-state index is 13.6. The number of pyridine rings is 1. The molecule has 0 aliphatic heterocycles. The van der Waals surface area contributed by atoms with Crippen LogP contribution in [0.15, 0.2) is 53.7 Å². The van der Waals surface area contributed by atoms with Gasteiger partial charge in [-0.1, -0.05) is 19.9 Å². The molecular weight excluding hydrogens is 368 g/mol. The predicted octanol–water partition coefficient (Wildman–Crippen LogP) is 2.40. The van der Waals surface area contributed by atoms with E-state index in [0.29, 0.717) is 11.3 Å². The number of amides is 1. The number of sulfone groups is 1. The smallest absolute Gasteiger partial charge is 0.265 e. The van der Waals surface area contributed by atoms with Crippen molar-refractivity contribution in [3.63, 3.8) is 0 Å². The number of rotatable bonds is 8. The van der Waals surface area contributed by atoms with Crippen LogP contribution >= 0.6 is 0 Å². The van der Waals surface area contributed by atoms with Crippen LogP contribution in [0.4, 0.5) is 0 Å². The van der Waals surface area contributed by atoms with Gasteiger partial charge in [0, 0.05) is 18.8 Å². The number of methoxy groups -OCH3 is 1. The maximum Gasteiger partial charge on any atom is 0.265 e. The van der Waals surface area contributed by atoms with Crippen molar-refractivity contribution in [2.24, 2.45) is 5.92 Å². The highest BCUT2D eigenvalue weighted by Gasteiger charge is 2.51. The Morgan fingerprint density at radius 2 is 1.93 bits per heavy atom. The van der Waals surface area contributed by atoms with Crippen molar-refractivity contribution < 1.29 is 23.2 Å². The summed E-state index contributed by atoms with van der Waals surface area (Å²) in [6, 6.07) is 9.22. The highest BCUT2D eigenvalue weighted by atomic mass is 32.2. The number of ether oxygens (including phenoxy) is 1. The fourth-order valence-electron chi connectivity index (χ4n) is 3.15. The lowest BCUT2D eigenvalue weighted by Crippen LogP contribution is -2.54. The molecule has 0 fully saturated rings. The Bertz CT molecular complexity index is 867. The molecule has 0 bridgehead atoms. The van der Waals surface area contributed by atoms with Gasteiger partial charge in [0.25, 0.3) is 5.91 Å². The van der Waals surface area contributed by atoms with Crippen LogP contribution < -0.4 is 10.2 Å². The molecule has 0 aliphatic rings. The number of benzene rings is 1. The van der Waals surface area contributed by atoms with Crippen molar-refractivity contribution >= 4 is 15.7 Å². The van der Waals surface area contributed by atoms with Gasteiger partial charge >= 0.3 is 0 Å². The molecule has 1 heterocycles. The number of hydrogen-bond donors (Lipinski definition) is 2. The second kappa shape index (κ2) is 8.49. The lowest BCUT2D eigenvalue weighted by molar-refractivity contribution is -0.132. The van der Waals surface area contributed by atoms with Crippen LogP contribution in [0.5, 0.6) is 5.75 Å². The summed E-state index contributed by atoms with van der Waals surface area (Å²) >= 11 is 0. The summed E-state index contributed by atoms with van der Waals surface area (Å²) in [4.78, 5) is 16.7. The number of carbonyl (C=O) groups is 1. The summed E-state index contributed by atoms with van der Waals surface area (Å²) in [6.07, 6.45) is 3.00. The molecule has 0 saturated carbocycles. The molecule has 0 spiro atoms. The van der Waals surface area contributed by atoms with Crippen molar-refractivity contribution in [1.82, 2.24) is 10.5 Å². The SMILES string of the molecule is COc1ccc(S(=O)(=O)C(Cc2cccnc2)(CC(C)C)C(=O)NO)cc1. The van der Waals surface area contributed by atoms with Crippen molar-refractivity contribution in [2.75, 3.05) is 7.11 Å². The molecule has 2 aromatic rings. The molecule has 1 atom stereocenters. The standard InChI is InChI=1S/C19H24N2O5S/c1-14(2)11-19(18(22)21-23,12-15-5-4-10-20-13-15)27(24,25)17-8-6-16(26-3)7-9-17/h4-10,13-14,23H,11-12H2,1-3H3,(H,21,22). The second-order valence-corrected chi connectivity index (χ2v) is 9.01. The molecule has 2 rings (SSSR count). The third-order valence-electron chi connectivity index (χ3n) is 4.35. The second-order valence-electron chi connectivity index (χ2n) is 6.75. The van der Waals surface area contributed by atoms with E-state index < -0.39 is 20.5 Å². The van der Waals surface area contributed by atoms with Crippen LogP contribution in [0.2, 0.25) is 0 Å². The number of nitrogens with one attached hydrogen (secondary N) is 1.